The molecule has 1 atom stereocenters. The Morgan fingerprint density at radius 3 is 2.72 bits per heavy atom. The highest BCUT2D eigenvalue weighted by Gasteiger charge is 2.46. The molecule has 1 aromatic carbocycles. The first-order valence-corrected chi connectivity index (χ1v) is 9.67. The van der Waals surface area contributed by atoms with E-state index < -0.39 is 0 Å². The number of piperidine rings is 1. The lowest BCUT2D eigenvalue weighted by Crippen LogP contribution is -2.48. The van der Waals surface area contributed by atoms with E-state index in [1.54, 1.807) is 0 Å². The predicted molar refractivity (Wildman–Crippen MR) is 97.6 cm³/mol. The minimum atomic E-state index is -0.238. The van der Waals surface area contributed by atoms with Crippen LogP contribution in [0.25, 0.3) is 0 Å². The molecule has 1 N–H and O–H groups in total. The molecule has 3 fully saturated rings. The molecule has 1 aromatic rings. The number of ether oxygens (including phenoxy) is 1. The molecular formula is C20H29N3O2. The van der Waals surface area contributed by atoms with Crippen LogP contribution in [0.2, 0.25) is 0 Å². The fraction of sp³-hybridized carbons (Fsp3) is 0.650. The minimum Gasteiger partial charge on any atom is -0.441 e. The van der Waals surface area contributed by atoms with Gasteiger partial charge in [-0.1, -0.05) is 30.3 Å². The number of nitrogens with one attached hydrogen (secondary N) is 1. The monoisotopic (exact) mass is 343 g/mol. The van der Waals surface area contributed by atoms with Gasteiger partial charge in [0, 0.05) is 39.0 Å². The maximum atomic E-state index is 12.3. The van der Waals surface area contributed by atoms with Gasteiger partial charge in [0.25, 0.3) is 0 Å². The van der Waals surface area contributed by atoms with Gasteiger partial charge in [-0.15, -0.1) is 0 Å². The van der Waals surface area contributed by atoms with Crippen molar-refractivity contribution in [3.63, 3.8) is 0 Å². The highest BCUT2D eigenvalue weighted by atomic mass is 16.6. The van der Waals surface area contributed by atoms with Gasteiger partial charge in [-0.2, -0.15) is 0 Å². The van der Waals surface area contributed by atoms with E-state index in [4.69, 9.17) is 4.74 Å². The molecule has 25 heavy (non-hydrogen) atoms. The van der Waals surface area contributed by atoms with Gasteiger partial charge in [0.2, 0.25) is 0 Å². The molecule has 136 valence electrons. The first kappa shape index (κ1) is 16.9. The molecule has 5 nitrogen and oxygen atoms in total. The Balaban J connectivity index is 1.27. The van der Waals surface area contributed by atoms with Crippen LogP contribution in [0.3, 0.4) is 0 Å². The lowest BCUT2D eigenvalue weighted by atomic mass is 9.90. The summed E-state index contributed by atoms with van der Waals surface area (Å²) < 4.78 is 5.86. The number of rotatable bonds is 5. The van der Waals surface area contributed by atoms with Crippen molar-refractivity contribution in [3.05, 3.63) is 35.9 Å². The molecule has 0 radical (unpaired) electrons. The minimum absolute atomic E-state index is 0.121. The van der Waals surface area contributed by atoms with E-state index in [1.807, 2.05) is 11.0 Å². The highest BCUT2D eigenvalue weighted by molar-refractivity contribution is 5.70. The molecule has 1 amide bonds. The van der Waals surface area contributed by atoms with Gasteiger partial charge >= 0.3 is 6.09 Å². The van der Waals surface area contributed by atoms with Gasteiger partial charge in [-0.3, -0.25) is 0 Å². The van der Waals surface area contributed by atoms with Crippen LogP contribution in [0.1, 0.15) is 24.8 Å². The summed E-state index contributed by atoms with van der Waals surface area (Å²) in [6, 6.07) is 10.4. The van der Waals surface area contributed by atoms with Crippen molar-refractivity contribution in [1.82, 2.24) is 15.1 Å². The van der Waals surface area contributed by atoms with E-state index >= 15 is 0 Å². The Morgan fingerprint density at radius 2 is 2.00 bits per heavy atom. The topological polar surface area (TPSA) is 44.8 Å². The Labute approximate surface area is 150 Å². The van der Waals surface area contributed by atoms with Crippen molar-refractivity contribution >= 4 is 6.09 Å². The second-order valence-electron chi connectivity index (χ2n) is 7.87. The van der Waals surface area contributed by atoms with Crippen molar-refractivity contribution in [2.24, 2.45) is 5.92 Å². The van der Waals surface area contributed by atoms with Crippen molar-refractivity contribution in [2.45, 2.75) is 31.3 Å². The van der Waals surface area contributed by atoms with Crippen LogP contribution >= 0.6 is 0 Å². The first-order chi connectivity index (χ1) is 12.2. The molecule has 0 aliphatic carbocycles. The molecule has 0 unspecified atom stereocenters. The molecule has 0 bridgehead atoms. The molecule has 1 spiro atoms. The average Bonchev–Trinajstić information content (AvgIpc) is 3.24. The number of likely N-dealkylation sites (tertiary alicyclic amines) is 1. The largest absolute Gasteiger partial charge is 0.441 e. The van der Waals surface area contributed by atoms with Gasteiger partial charge in [0.1, 0.15) is 5.60 Å². The van der Waals surface area contributed by atoms with Gasteiger partial charge in [0.05, 0.1) is 6.54 Å². The Morgan fingerprint density at radius 1 is 1.20 bits per heavy atom. The Bertz CT molecular complexity index is 578. The van der Waals surface area contributed by atoms with E-state index in [1.165, 1.54) is 18.5 Å². The third-order valence-corrected chi connectivity index (χ3v) is 6.00. The maximum Gasteiger partial charge on any atom is 0.410 e. The van der Waals surface area contributed by atoms with Gasteiger partial charge < -0.3 is 19.9 Å². The summed E-state index contributed by atoms with van der Waals surface area (Å²) in [5.74, 6) is 0.794. The smallest absolute Gasteiger partial charge is 0.410 e. The van der Waals surface area contributed by atoms with Crippen LogP contribution in [0.15, 0.2) is 30.3 Å². The fourth-order valence-electron chi connectivity index (χ4n) is 4.41. The molecular weight excluding hydrogens is 314 g/mol. The van der Waals surface area contributed by atoms with Crippen LogP contribution in [-0.2, 0) is 11.2 Å². The van der Waals surface area contributed by atoms with Crippen LogP contribution < -0.4 is 5.32 Å². The summed E-state index contributed by atoms with van der Waals surface area (Å²) in [5.41, 5.74) is 1.04. The number of nitrogens with zero attached hydrogens (tertiary/aromatic N) is 2. The second-order valence-corrected chi connectivity index (χ2v) is 7.87. The molecule has 0 aromatic heterocycles. The zero-order valence-electron chi connectivity index (χ0n) is 15.0. The van der Waals surface area contributed by atoms with Gasteiger partial charge in [-0.25, -0.2) is 4.79 Å². The van der Waals surface area contributed by atoms with E-state index in [2.05, 4.69) is 34.5 Å². The van der Waals surface area contributed by atoms with Crippen LogP contribution in [-0.4, -0.2) is 67.3 Å². The number of carbonyl (C=O) groups excluding carboxylic acids is 1. The van der Waals surface area contributed by atoms with E-state index in [-0.39, 0.29) is 11.7 Å². The summed E-state index contributed by atoms with van der Waals surface area (Å²) in [4.78, 5) is 16.8. The average molecular weight is 343 g/mol. The molecule has 3 saturated heterocycles. The molecule has 3 heterocycles. The first-order valence-electron chi connectivity index (χ1n) is 9.67. The van der Waals surface area contributed by atoms with Gasteiger partial charge in [-0.05, 0) is 37.4 Å². The second kappa shape index (κ2) is 7.34. The number of amides is 1. The maximum absolute atomic E-state index is 12.3. The molecule has 3 aliphatic heterocycles. The van der Waals surface area contributed by atoms with E-state index in [9.17, 15) is 4.79 Å². The van der Waals surface area contributed by atoms with Crippen LogP contribution in [0.5, 0.6) is 0 Å². The van der Waals surface area contributed by atoms with Gasteiger partial charge in [0.15, 0.2) is 0 Å². The SMILES string of the molecule is O=C1OC2(CCN(C[C@H]3CCNC3)CC2)CN1CCc1ccccc1. The number of benzene rings is 1. The molecule has 4 rings (SSSR count). The molecule has 0 saturated carbocycles. The van der Waals surface area contributed by atoms with Crippen molar-refractivity contribution in [2.75, 3.05) is 45.8 Å². The number of hydrogen-bond donors (Lipinski definition) is 1. The molecule has 3 aliphatic rings. The third-order valence-electron chi connectivity index (χ3n) is 6.00. The fourth-order valence-corrected chi connectivity index (χ4v) is 4.41. The zero-order valence-corrected chi connectivity index (χ0v) is 15.0. The summed E-state index contributed by atoms with van der Waals surface area (Å²) in [6.45, 7) is 7.13. The normalized spacial score (nSPS) is 26.3. The van der Waals surface area contributed by atoms with Crippen molar-refractivity contribution < 1.29 is 9.53 Å². The Hall–Kier alpha value is -1.59. The lowest BCUT2D eigenvalue weighted by molar-refractivity contribution is -0.00208. The number of hydrogen-bond acceptors (Lipinski definition) is 4. The Kier molecular flexibility index (Phi) is 4.95. The predicted octanol–water partition coefficient (Wildman–Crippen LogP) is 2.13. The summed E-state index contributed by atoms with van der Waals surface area (Å²) in [7, 11) is 0. The third kappa shape index (κ3) is 3.98. The highest BCUT2D eigenvalue weighted by Crippen LogP contribution is 2.33. The summed E-state index contributed by atoms with van der Waals surface area (Å²) >= 11 is 0. The summed E-state index contributed by atoms with van der Waals surface area (Å²) in [5, 5.41) is 3.45. The standard InChI is InChI=1S/C20H29N3O2/c24-19-23(11-7-17-4-2-1-3-5-17)16-20(25-19)8-12-22(13-9-20)15-18-6-10-21-14-18/h1-5,18,21H,6-16H2/t18-/m0/s1. The molecule has 5 heteroatoms. The van der Waals surface area contributed by atoms with E-state index in [0.29, 0.717) is 0 Å². The van der Waals surface area contributed by atoms with Crippen LogP contribution in [0.4, 0.5) is 4.79 Å². The zero-order chi connectivity index (χ0) is 17.1. The number of carbonyl (C=O) groups is 1. The lowest BCUT2D eigenvalue weighted by Gasteiger charge is -2.38. The summed E-state index contributed by atoms with van der Waals surface area (Å²) in [6.07, 6.45) is 4.02. The quantitative estimate of drug-likeness (QED) is 0.890. The van der Waals surface area contributed by atoms with Crippen molar-refractivity contribution in [1.29, 1.82) is 0 Å². The van der Waals surface area contributed by atoms with Crippen LogP contribution in [0, 0.1) is 5.92 Å². The van der Waals surface area contributed by atoms with E-state index in [0.717, 1.165) is 64.4 Å². The van der Waals surface area contributed by atoms with Crippen molar-refractivity contribution in [3.8, 4) is 0 Å².